The number of halogens is 1. The van der Waals surface area contributed by atoms with Crippen LogP contribution in [0.4, 0.5) is 11.5 Å². The first-order valence-corrected chi connectivity index (χ1v) is 8.77. The van der Waals surface area contributed by atoms with Gasteiger partial charge in [0.25, 0.3) is 5.91 Å². The molecule has 6 nitrogen and oxygen atoms in total. The minimum absolute atomic E-state index is 0.250. The topological polar surface area (TPSA) is 76.1 Å². The quantitative estimate of drug-likeness (QED) is 0.649. The molecule has 0 saturated carbocycles. The van der Waals surface area contributed by atoms with Crippen molar-refractivity contribution in [2.45, 2.75) is 6.42 Å². The Balaban J connectivity index is 1.56. The molecule has 138 valence electrons. The Labute approximate surface area is 162 Å². The summed E-state index contributed by atoms with van der Waals surface area (Å²) < 4.78 is 5.13. The summed E-state index contributed by atoms with van der Waals surface area (Å²) in [4.78, 5) is 20.5. The van der Waals surface area contributed by atoms with E-state index in [1.807, 2.05) is 36.4 Å². The average Bonchev–Trinajstić information content (AvgIpc) is 2.69. The normalized spacial score (nSPS) is 10.3. The van der Waals surface area contributed by atoms with Crippen LogP contribution >= 0.6 is 11.6 Å². The van der Waals surface area contributed by atoms with Gasteiger partial charge in [-0.1, -0.05) is 29.8 Å². The van der Waals surface area contributed by atoms with Crippen molar-refractivity contribution in [2.75, 3.05) is 19.0 Å². The number of benzene rings is 2. The van der Waals surface area contributed by atoms with E-state index >= 15 is 0 Å². The molecule has 1 amide bonds. The molecule has 0 fully saturated rings. The summed E-state index contributed by atoms with van der Waals surface area (Å²) in [6.07, 6.45) is 2.07. The number of ether oxygens (including phenoxy) is 1. The smallest absolute Gasteiger partial charge is 0.270 e. The fourth-order valence-corrected chi connectivity index (χ4v) is 2.66. The second-order valence-electron chi connectivity index (χ2n) is 5.78. The number of amides is 1. The van der Waals surface area contributed by atoms with E-state index in [1.165, 1.54) is 6.33 Å². The Morgan fingerprint density at radius 3 is 2.67 bits per heavy atom. The van der Waals surface area contributed by atoms with Gasteiger partial charge in [-0.3, -0.25) is 4.79 Å². The zero-order valence-corrected chi connectivity index (χ0v) is 15.5. The SMILES string of the molecule is COc1ccc(CCNC(=O)c2cc(Nc3cccc(Cl)c3)ncn2)cc1. The lowest BCUT2D eigenvalue weighted by atomic mass is 10.1. The average molecular weight is 383 g/mol. The van der Waals surface area contributed by atoms with Crippen LogP contribution in [0.2, 0.25) is 5.02 Å². The lowest BCUT2D eigenvalue weighted by Gasteiger charge is -2.08. The third-order valence-corrected chi connectivity index (χ3v) is 4.09. The van der Waals surface area contributed by atoms with Crippen molar-refractivity contribution in [2.24, 2.45) is 0 Å². The van der Waals surface area contributed by atoms with Gasteiger partial charge in [0.05, 0.1) is 7.11 Å². The Bertz CT molecular complexity index is 916. The highest BCUT2D eigenvalue weighted by Crippen LogP contribution is 2.19. The van der Waals surface area contributed by atoms with Crippen LogP contribution in [0.15, 0.2) is 60.9 Å². The molecule has 0 aliphatic heterocycles. The molecule has 2 N–H and O–H groups in total. The predicted octanol–water partition coefficient (Wildman–Crippen LogP) is 3.85. The first kappa shape index (κ1) is 18.7. The molecule has 0 radical (unpaired) electrons. The van der Waals surface area contributed by atoms with Gasteiger partial charge in [-0.15, -0.1) is 0 Å². The molecule has 1 heterocycles. The molecule has 0 saturated heterocycles. The van der Waals surface area contributed by atoms with Crippen LogP contribution in [0, 0.1) is 0 Å². The number of nitrogens with zero attached hydrogens (tertiary/aromatic N) is 2. The summed E-state index contributed by atoms with van der Waals surface area (Å²) in [6, 6.07) is 16.6. The first-order valence-electron chi connectivity index (χ1n) is 8.40. The standard InChI is InChI=1S/C20H19ClN4O2/c1-27-17-7-5-14(6-8-17)9-10-22-20(26)18-12-19(24-13-23-18)25-16-4-2-3-15(21)11-16/h2-8,11-13H,9-10H2,1H3,(H,22,26)(H,23,24,25). The molecule has 27 heavy (non-hydrogen) atoms. The molecule has 0 unspecified atom stereocenters. The molecule has 2 aromatic carbocycles. The fourth-order valence-electron chi connectivity index (χ4n) is 2.47. The van der Waals surface area contributed by atoms with E-state index < -0.39 is 0 Å². The summed E-state index contributed by atoms with van der Waals surface area (Å²) in [7, 11) is 1.63. The summed E-state index contributed by atoms with van der Waals surface area (Å²) in [5, 5.41) is 6.59. The molecule has 0 spiro atoms. The minimum Gasteiger partial charge on any atom is -0.497 e. The monoisotopic (exact) mass is 382 g/mol. The number of methoxy groups -OCH3 is 1. The summed E-state index contributed by atoms with van der Waals surface area (Å²) >= 11 is 5.97. The highest BCUT2D eigenvalue weighted by molar-refractivity contribution is 6.30. The number of anilines is 2. The van der Waals surface area contributed by atoms with Crippen LogP contribution in [0.25, 0.3) is 0 Å². The maximum absolute atomic E-state index is 12.3. The van der Waals surface area contributed by atoms with Gasteiger partial charge in [-0.25, -0.2) is 9.97 Å². The van der Waals surface area contributed by atoms with Gasteiger partial charge in [0, 0.05) is 23.3 Å². The molecule has 3 aromatic rings. The zero-order chi connectivity index (χ0) is 19.1. The molecule has 1 aromatic heterocycles. The second-order valence-corrected chi connectivity index (χ2v) is 6.21. The lowest BCUT2D eigenvalue weighted by molar-refractivity contribution is 0.0949. The summed E-state index contributed by atoms with van der Waals surface area (Å²) in [5.41, 5.74) is 2.19. The van der Waals surface area contributed by atoms with E-state index in [1.54, 1.807) is 25.3 Å². The zero-order valence-electron chi connectivity index (χ0n) is 14.8. The third-order valence-electron chi connectivity index (χ3n) is 3.86. The highest BCUT2D eigenvalue weighted by atomic mass is 35.5. The van der Waals surface area contributed by atoms with Gasteiger partial charge < -0.3 is 15.4 Å². The number of hydrogen-bond donors (Lipinski definition) is 2. The van der Waals surface area contributed by atoms with E-state index in [4.69, 9.17) is 16.3 Å². The first-order chi connectivity index (χ1) is 13.1. The van der Waals surface area contributed by atoms with Crippen molar-refractivity contribution < 1.29 is 9.53 Å². The Kier molecular flexibility index (Phi) is 6.22. The van der Waals surface area contributed by atoms with Crippen molar-refractivity contribution >= 4 is 29.0 Å². The maximum Gasteiger partial charge on any atom is 0.270 e. The van der Waals surface area contributed by atoms with Crippen LogP contribution in [-0.2, 0) is 6.42 Å². The van der Waals surface area contributed by atoms with Gasteiger partial charge in [0.1, 0.15) is 23.6 Å². The van der Waals surface area contributed by atoms with Gasteiger partial charge in [-0.2, -0.15) is 0 Å². The number of carbonyl (C=O) groups excluding carboxylic acids is 1. The van der Waals surface area contributed by atoms with Crippen molar-refractivity contribution in [3.05, 3.63) is 77.2 Å². The molecule has 0 aliphatic carbocycles. The summed E-state index contributed by atoms with van der Waals surface area (Å²) in [5.74, 6) is 1.08. The van der Waals surface area contributed by atoms with Crippen LogP contribution < -0.4 is 15.4 Å². The van der Waals surface area contributed by atoms with Gasteiger partial charge in [0.2, 0.25) is 0 Å². The van der Waals surface area contributed by atoms with E-state index in [9.17, 15) is 4.79 Å². The Morgan fingerprint density at radius 2 is 1.93 bits per heavy atom. The number of rotatable bonds is 7. The third kappa shape index (κ3) is 5.43. The van der Waals surface area contributed by atoms with Crippen LogP contribution in [0.1, 0.15) is 16.1 Å². The molecule has 0 bridgehead atoms. The van der Waals surface area contributed by atoms with Crippen molar-refractivity contribution in [3.63, 3.8) is 0 Å². The van der Waals surface area contributed by atoms with E-state index in [-0.39, 0.29) is 5.91 Å². The molecule has 3 rings (SSSR count). The second kappa shape index (κ2) is 9.00. The highest BCUT2D eigenvalue weighted by Gasteiger charge is 2.09. The van der Waals surface area contributed by atoms with E-state index in [0.717, 1.165) is 17.0 Å². The molecule has 0 aliphatic rings. The molecule has 0 atom stereocenters. The summed E-state index contributed by atoms with van der Waals surface area (Å²) in [6.45, 7) is 0.506. The largest absolute Gasteiger partial charge is 0.497 e. The van der Waals surface area contributed by atoms with Gasteiger partial charge in [0.15, 0.2) is 0 Å². The van der Waals surface area contributed by atoms with Crippen LogP contribution in [0.3, 0.4) is 0 Å². The van der Waals surface area contributed by atoms with E-state index in [2.05, 4.69) is 20.6 Å². The lowest BCUT2D eigenvalue weighted by Crippen LogP contribution is -2.26. The van der Waals surface area contributed by atoms with Crippen LogP contribution in [0.5, 0.6) is 5.75 Å². The minimum atomic E-state index is -0.250. The van der Waals surface area contributed by atoms with Crippen molar-refractivity contribution in [3.8, 4) is 5.75 Å². The van der Waals surface area contributed by atoms with Crippen molar-refractivity contribution in [1.29, 1.82) is 0 Å². The molecular formula is C20H19ClN4O2. The van der Waals surface area contributed by atoms with Gasteiger partial charge in [-0.05, 0) is 42.3 Å². The van der Waals surface area contributed by atoms with Crippen molar-refractivity contribution in [1.82, 2.24) is 15.3 Å². The number of nitrogens with one attached hydrogen (secondary N) is 2. The number of hydrogen-bond acceptors (Lipinski definition) is 5. The Morgan fingerprint density at radius 1 is 1.11 bits per heavy atom. The van der Waals surface area contributed by atoms with Crippen LogP contribution in [-0.4, -0.2) is 29.5 Å². The number of carbonyl (C=O) groups is 1. The predicted molar refractivity (Wildman–Crippen MR) is 106 cm³/mol. The fraction of sp³-hybridized carbons (Fsp3) is 0.150. The van der Waals surface area contributed by atoms with Gasteiger partial charge >= 0.3 is 0 Å². The molecule has 7 heteroatoms. The maximum atomic E-state index is 12.3. The number of aromatic nitrogens is 2. The van der Waals surface area contributed by atoms with E-state index in [0.29, 0.717) is 29.5 Å². The Hall–Kier alpha value is -3.12. The molecular weight excluding hydrogens is 364 g/mol.